The SMILES string of the molecule is O=C1C=CN=NC1Cl. The summed E-state index contributed by atoms with van der Waals surface area (Å²) in [6.07, 6.45) is 2.62. The summed E-state index contributed by atoms with van der Waals surface area (Å²) in [5, 5.41) is 6.77. The van der Waals surface area contributed by atoms with E-state index >= 15 is 0 Å². The lowest BCUT2D eigenvalue weighted by Gasteiger charge is -1.97. The number of nitrogens with zero attached hydrogens (tertiary/aromatic N) is 2. The highest BCUT2D eigenvalue weighted by Crippen LogP contribution is 2.05. The highest BCUT2D eigenvalue weighted by atomic mass is 35.5. The van der Waals surface area contributed by atoms with Gasteiger partial charge in [0.1, 0.15) is 0 Å². The molecule has 0 radical (unpaired) electrons. The second-order valence-corrected chi connectivity index (χ2v) is 1.70. The molecule has 8 heavy (non-hydrogen) atoms. The maximum atomic E-state index is 10.4. The van der Waals surface area contributed by atoms with E-state index in [9.17, 15) is 4.79 Å². The van der Waals surface area contributed by atoms with Crippen molar-refractivity contribution in [2.45, 2.75) is 5.50 Å². The van der Waals surface area contributed by atoms with E-state index in [0.29, 0.717) is 0 Å². The van der Waals surface area contributed by atoms with Crippen LogP contribution in [-0.2, 0) is 4.79 Å². The first-order chi connectivity index (χ1) is 3.80. The summed E-state index contributed by atoms with van der Waals surface area (Å²) in [4.78, 5) is 10.4. The molecule has 0 amide bonds. The molecule has 1 aliphatic rings. The summed E-state index contributed by atoms with van der Waals surface area (Å²) in [7, 11) is 0. The lowest BCUT2D eigenvalue weighted by molar-refractivity contribution is -0.114. The number of rotatable bonds is 0. The van der Waals surface area contributed by atoms with E-state index in [0.717, 1.165) is 0 Å². The number of carbonyl (C=O) groups is 1. The van der Waals surface area contributed by atoms with Crippen LogP contribution in [0.3, 0.4) is 0 Å². The zero-order valence-electron chi connectivity index (χ0n) is 3.91. The van der Waals surface area contributed by atoms with Crippen molar-refractivity contribution < 1.29 is 4.79 Å². The third-order valence-electron chi connectivity index (χ3n) is 0.708. The average molecular weight is 131 g/mol. The number of hydrogen-bond donors (Lipinski definition) is 0. The predicted molar refractivity (Wildman–Crippen MR) is 28.6 cm³/mol. The molecule has 0 N–H and O–H groups in total. The van der Waals surface area contributed by atoms with Crippen molar-refractivity contribution in [2.24, 2.45) is 10.2 Å². The van der Waals surface area contributed by atoms with Gasteiger partial charge in [0.2, 0.25) is 5.50 Å². The van der Waals surface area contributed by atoms with Crippen molar-refractivity contribution in [3.05, 3.63) is 12.3 Å². The Morgan fingerprint density at radius 2 is 2.50 bits per heavy atom. The standard InChI is InChI=1S/C4H3ClN2O/c5-4-3(8)1-2-6-7-4/h1-2,4H. The summed E-state index contributed by atoms with van der Waals surface area (Å²) < 4.78 is 0. The minimum Gasteiger partial charge on any atom is -0.291 e. The van der Waals surface area contributed by atoms with Gasteiger partial charge >= 0.3 is 0 Å². The van der Waals surface area contributed by atoms with Gasteiger partial charge in [-0.2, -0.15) is 10.2 Å². The first-order valence-electron chi connectivity index (χ1n) is 2.05. The molecule has 0 aromatic carbocycles. The summed E-state index contributed by atoms with van der Waals surface area (Å²) in [6.45, 7) is 0. The van der Waals surface area contributed by atoms with Crippen molar-refractivity contribution >= 4 is 17.4 Å². The number of azo groups is 1. The Labute approximate surface area is 51.1 Å². The number of carbonyl (C=O) groups excluding carboxylic acids is 1. The first-order valence-corrected chi connectivity index (χ1v) is 2.49. The molecule has 1 atom stereocenters. The molecule has 42 valence electrons. The van der Waals surface area contributed by atoms with E-state index < -0.39 is 5.50 Å². The molecule has 0 saturated carbocycles. The molecular formula is C4H3ClN2O. The second kappa shape index (κ2) is 2.05. The van der Waals surface area contributed by atoms with Gasteiger partial charge in [-0.15, -0.1) is 0 Å². The molecule has 0 saturated heterocycles. The predicted octanol–water partition coefficient (Wildman–Crippen LogP) is 1.10. The molecule has 0 aromatic heterocycles. The molecule has 0 fully saturated rings. The van der Waals surface area contributed by atoms with Gasteiger partial charge in [0.05, 0.1) is 6.20 Å². The molecule has 0 aliphatic carbocycles. The second-order valence-electron chi connectivity index (χ2n) is 1.28. The van der Waals surface area contributed by atoms with Gasteiger partial charge in [-0.05, 0) is 0 Å². The number of hydrogen-bond acceptors (Lipinski definition) is 3. The topological polar surface area (TPSA) is 41.8 Å². The van der Waals surface area contributed by atoms with Crippen LogP contribution < -0.4 is 0 Å². The van der Waals surface area contributed by atoms with Crippen LogP contribution in [0.1, 0.15) is 0 Å². The number of halogens is 1. The van der Waals surface area contributed by atoms with Crippen LogP contribution in [0, 0.1) is 0 Å². The Bertz CT molecular complexity index is 163. The lowest BCUT2D eigenvalue weighted by Crippen LogP contribution is -2.09. The van der Waals surface area contributed by atoms with Crippen LogP contribution >= 0.6 is 11.6 Å². The molecule has 1 aliphatic heterocycles. The fourth-order valence-corrected chi connectivity index (χ4v) is 0.463. The van der Waals surface area contributed by atoms with Crippen molar-refractivity contribution in [3.63, 3.8) is 0 Å². The molecular weight excluding hydrogens is 128 g/mol. The van der Waals surface area contributed by atoms with Crippen molar-refractivity contribution in [1.82, 2.24) is 0 Å². The Balaban J connectivity index is 2.74. The van der Waals surface area contributed by atoms with Crippen molar-refractivity contribution in [2.75, 3.05) is 0 Å². The lowest BCUT2D eigenvalue weighted by atomic mass is 10.4. The van der Waals surface area contributed by atoms with E-state index in [4.69, 9.17) is 11.6 Å². The highest BCUT2D eigenvalue weighted by molar-refractivity contribution is 6.32. The fraction of sp³-hybridized carbons (Fsp3) is 0.250. The molecule has 4 heteroatoms. The highest BCUT2D eigenvalue weighted by Gasteiger charge is 2.11. The van der Waals surface area contributed by atoms with E-state index in [1.165, 1.54) is 12.3 Å². The number of alkyl halides is 1. The Morgan fingerprint density at radius 3 is 2.88 bits per heavy atom. The van der Waals surface area contributed by atoms with Crippen LogP contribution in [0.25, 0.3) is 0 Å². The van der Waals surface area contributed by atoms with Gasteiger partial charge in [0, 0.05) is 6.08 Å². The van der Waals surface area contributed by atoms with Crippen LogP contribution in [0.15, 0.2) is 22.5 Å². The van der Waals surface area contributed by atoms with E-state index in [2.05, 4.69) is 10.2 Å². The molecule has 3 nitrogen and oxygen atoms in total. The van der Waals surface area contributed by atoms with Crippen molar-refractivity contribution in [3.8, 4) is 0 Å². The van der Waals surface area contributed by atoms with Gasteiger partial charge in [-0.3, -0.25) is 4.79 Å². The monoisotopic (exact) mass is 130 g/mol. The Kier molecular flexibility index (Phi) is 1.39. The van der Waals surface area contributed by atoms with Crippen LogP contribution in [0.2, 0.25) is 0 Å². The van der Waals surface area contributed by atoms with Crippen LogP contribution in [-0.4, -0.2) is 11.3 Å². The molecule has 1 unspecified atom stereocenters. The van der Waals surface area contributed by atoms with Gasteiger partial charge in [-0.1, -0.05) is 11.6 Å². The van der Waals surface area contributed by atoms with Gasteiger partial charge < -0.3 is 0 Å². The minimum atomic E-state index is -0.792. The quantitative estimate of drug-likeness (QED) is 0.358. The molecule has 0 aromatic rings. The van der Waals surface area contributed by atoms with Gasteiger partial charge in [-0.25, -0.2) is 0 Å². The first kappa shape index (κ1) is 5.44. The maximum absolute atomic E-state index is 10.4. The van der Waals surface area contributed by atoms with Gasteiger partial charge in [0.15, 0.2) is 5.78 Å². The molecule has 0 spiro atoms. The van der Waals surface area contributed by atoms with Crippen LogP contribution in [0.5, 0.6) is 0 Å². The van der Waals surface area contributed by atoms with Crippen LogP contribution in [0.4, 0.5) is 0 Å². The maximum Gasteiger partial charge on any atom is 0.206 e. The van der Waals surface area contributed by atoms with Gasteiger partial charge in [0.25, 0.3) is 0 Å². The van der Waals surface area contributed by atoms with Crippen molar-refractivity contribution in [1.29, 1.82) is 0 Å². The summed E-state index contributed by atoms with van der Waals surface area (Å²) >= 11 is 5.31. The third-order valence-corrected chi connectivity index (χ3v) is 1.01. The zero-order chi connectivity index (χ0) is 5.98. The molecule has 1 heterocycles. The average Bonchev–Trinajstić information content (AvgIpc) is 1.77. The summed E-state index contributed by atoms with van der Waals surface area (Å²) in [5.74, 6) is -0.207. The smallest absolute Gasteiger partial charge is 0.206 e. The van der Waals surface area contributed by atoms with E-state index in [-0.39, 0.29) is 5.78 Å². The summed E-state index contributed by atoms with van der Waals surface area (Å²) in [5.41, 5.74) is -0.792. The Morgan fingerprint density at radius 1 is 1.75 bits per heavy atom. The molecule has 1 rings (SSSR count). The fourth-order valence-electron chi connectivity index (χ4n) is 0.340. The third kappa shape index (κ3) is 0.924. The minimum absolute atomic E-state index is 0.207. The van der Waals surface area contributed by atoms with E-state index in [1.54, 1.807) is 0 Å². The Hall–Kier alpha value is -0.700. The zero-order valence-corrected chi connectivity index (χ0v) is 4.67. The largest absolute Gasteiger partial charge is 0.291 e. The molecule has 0 bridgehead atoms. The normalized spacial score (nSPS) is 26.6. The van der Waals surface area contributed by atoms with E-state index in [1.807, 2.05) is 0 Å². The number of ketones is 1. The summed E-state index contributed by atoms with van der Waals surface area (Å²) in [6, 6.07) is 0.